The summed E-state index contributed by atoms with van der Waals surface area (Å²) in [6, 6.07) is 83.1. The third kappa shape index (κ3) is 5.15. The van der Waals surface area contributed by atoms with E-state index < -0.39 is 0 Å². The Morgan fingerprint density at radius 3 is 1.44 bits per heavy atom. The summed E-state index contributed by atoms with van der Waals surface area (Å²) < 4.78 is 10.3. The van der Waals surface area contributed by atoms with Gasteiger partial charge in [0.25, 0.3) is 0 Å². The van der Waals surface area contributed by atoms with Gasteiger partial charge < -0.3 is 4.57 Å². The standard InChI is InChI=1S/C60H37N3Se/c1-2-15-38(16-3-1)39-17-12-18-40(35-39)43-23-13-29-57-59(43)60-55(28-14-30-58(60)64-57)63-53-27-11-6-21-46(53)48-33-31-42(37-56(48)63)62-52-26-10-7-22-47(52)49-36-41(32-34-54(49)62)61-50-24-8-4-19-44(50)45-20-5-9-25-51(45)61/h1-37H. The first-order valence-corrected chi connectivity index (χ1v) is 23.6. The van der Waals surface area contributed by atoms with Crippen LogP contribution in [0.3, 0.4) is 0 Å². The van der Waals surface area contributed by atoms with E-state index in [9.17, 15) is 0 Å². The summed E-state index contributed by atoms with van der Waals surface area (Å²) in [6.07, 6.45) is 0. The fraction of sp³-hybridized carbons (Fsp3) is 0. The van der Waals surface area contributed by atoms with Gasteiger partial charge in [0.05, 0.1) is 11.0 Å². The van der Waals surface area contributed by atoms with Gasteiger partial charge in [0.1, 0.15) is 0 Å². The van der Waals surface area contributed by atoms with E-state index in [-0.39, 0.29) is 14.5 Å². The van der Waals surface area contributed by atoms with Gasteiger partial charge in [-0.05, 0) is 12.1 Å². The Morgan fingerprint density at radius 1 is 0.266 bits per heavy atom. The molecule has 0 spiro atoms. The van der Waals surface area contributed by atoms with Crippen LogP contribution in [0.5, 0.6) is 0 Å². The molecule has 0 saturated carbocycles. The number of hydrogen-bond acceptors (Lipinski definition) is 0. The molecule has 10 aromatic carbocycles. The van der Waals surface area contributed by atoms with Gasteiger partial charge in [-0.25, -0.2) is 0 Å². The van der Waals surface area contributed by atoms with Crippen LogP contribution in [0.15, 0.2) is 224 Å². The van der Waals surface area contributed by atoms with Crippen molar-refractivity contribution in [3.8, 4) is 39.3 Å². The van der Waals surface area contributed by atoms with E-state index in [1.165, 1.54) is 113 Å². The number of fused-ring (bicyclic) bond motifs is 12. The first-order valence-electron chi connectivity index (χ1n) is 21.9. The van der Waals surface area contributed by atoms with Gasteiger partial charge in [-0.15, -0.1) is 0 Å². The van der Waals surface area contributed by atoms with Crippen LogP contribution in [-0.2, 0) is 0 Å². The minimum absolute atomic E-state index is 0.179. The zero-order chi connectivity index (χ0) is 41.9. The Bertz CT molecular complexity index is 4140. The Kier molecular flexibility index (Phi) is 7.70. The van der Waals surface area contributed by atoms with Crippen LogP contribution >= 0.6 is 0 Å². The molecule has 3 nitrogen and oxygen atoms in total. The van der Waals surface area contributed by atoms with E-state index in [4.69, 9.17) is 0 Å². The quantitative estimate of drug-likeness (QED) is 0.153. The van der Waals surface area contributed by atoms with Gasteiger partial charge in [0.15, 0.2) is 0 Å². The second-order valence-corrected chi connectivity index (χ2v) is 19.1. The molecular formula is C60H37N3Se. The molecule has 0 N–H and O–H groups in total. The molecule has 0 aliphatic rings. The molecule has 0 amide bonds. The summed E-state index contributed by atoms with van der Waals surface area (Å²) >= 11 is 0.179. The maximum atomic E-state index is 2.55. The predicted octanol–water partition coefficient (Wildman–Crippen LogP) is 15.7. The average molecular weight is 879 g/mol. The van der Waals surface area contributed by atoms with Crippen molar-refractivity contribution in [2.45, 2.75) is 0 Å². The zero-order valence-corrected chi connectivity index (χ0v) is 36.3. The summed E-state index contributed by atoms with van der Waals surface area (Å²) in [7, 11) is 0. The number of para-hydroxylation sites is 4. The second-order valence-electron chi connectivity index (χ2n) is 16.9. The Morgan fingerprint density at radius 2 is 0.750 bits per heavy atom. The van der Waals surface area contributed by atoms with Crippen LogP contribution < -0.4 is 0 Å². The zero-order valence-electron chi connectivity index (χ0n) is 34.6. The summed E-state index contributed by atoms with van der Waals surface area (Å²) in [5, 5.41) is 10.2. The predicted molar refractivity (Wildman–Crippen MR) is 272 cm³/mol. The van der Waals surface area contributed by atoms with Crippen molar-refractivity contribution in [2.75, 3.05) is 0 Å². The number of aromatic nitrogens is 3. The Labute approximate surface area is 374 Å². The van der Waals surface area contributed by atoms with E-state index in [1.54, 1.807) is 0 Å². The van der Waals surface area contributed by atoms with Gasteiger partial charge in [-0.3, -0.25) is 0 Å². The molecule has 0 saturated heterocycles. The molecule has 0 unspecified atom stereocenters. The van der Waals surface area contributed by atoms with Crippen LogP contribution in [0.1, 0.15) is 0 Å². The first kappa shape index (κ1) is 35.7. The number of rotatable bonds is 5. The molecule has 4 heteroatoms. The molecule has 298 valence electrons. The molecule has 0 fully saturated rings. The van der Waals surface area contributed by atoms with Gasteiger partial charge in [-0.1, -0.05) is 36.4 Å². The van der Waals surface area contributed by atoms with Gasteiger partial charge in [0, 0.05) is 10.8 Å². The minimum atomic E-state index is 0.179. The molecule has 0 aliphatic carbocycles. The van der Waals surface area contributed by atoms with Crippen molar-refractivity contribution < 1.29 is 0 Å². The maximum absolute atomic E-state index is 2.55. The number of nitrogens with zero attached hydrogens (tertiary/aromatic N) is 3. The fourth-order valence-corrected chi connectivity index (χ4v) is 13.1. The molecule has 14 rings (SSSR count). The van der Waals surface area contributed by atoms with Gasteiger partial charge in [-0.2, -0.15) is 0 Å². The van der Waals surface area contributed by atoms with Crippen molar-refractivity contribution in [1.29, 1.82) is 0 Å². The molecule has 0 atom stereocenters. The van der Waals surface area contributed by atoms with Crippen molar-refractivity contribution in [2.24, 2.45) is 0 Å². The van der Waals surface area contributed by atoms with Crippen molar-refractivity contribution in [1.82, 2.24) is 13.7 Å². The summed E-state index contributed by atoms with van der Waals surface area (Å²) in [5.41, 5.74) is 15.8. The second kappa shape index (κ2) is 13.8. The molecule has 14 aromatic rings. The first-order chi connectivity index (χ1) is 31.8. The average Bonchev–Trinajstić information content (AvgIpc) is 4.10. The third-order valence-electron chi connectivity index (χ3n) is 13.4. The molecule has 0 aliphatic heterocycles. The van der Waals surface area contributed by atoms with Gasteiger partial charge in [0.2, 0.25) is 0 Å². The third-order valence-corrected chi connectivity index (χ3v) is 15.8. The van der Waals surface area contributed by atoms with Crippen molar-refractivity contribution in [3.05, 3.63) is 224 Å². The van der Waals surface area contributed by atoms with Crippen molar-refractivity contribution >= 4 is 99.2 Å². The summed E-state index contributed by atoms with van der Waals surface area (Å²) in [4.78, 5) is 0. The Hall–Kier alpha value is -7.88. The molecule has 0 radical (unpaired) electrons. The topological polar surface area (TPSA) is 14.8 Å². The van der Waals surface area contributed by atoms with E-state index in [0.717, 1.165) is 11.4 Å². The monoisotopic (exact) mass is 879 g/mol. The van der Waals surface area contributed by atoms with Crippen LogP contribution in [0.25, 0.3) is 124 Å². The summed E-state index contributed by atoms with van der Waals surface area (Å²) in [6.45, 7) is 0. The van der Waals surface area contributed by atoms with Gasteiger partial charge >= 0.3 is 302 Å². The molecule has 64 heavy (non-hydrogen) atoms. The number of benzene rings is 10. The van der Waals surface area contributed by atoms with E-state index in [2.05, 4.69) is 238 Å². The normalized spacial score (nSPS) is 12.1. The molecule has 4 aromatic heterocycles. The van der Waals surface area contributed by atoms with Crippen LogP contribution in [0.2, 0.25) is 0 Å². The van der Waals surface area contributed by atoms with Crippen molar-refractivity contribution in [3.63, 3.8) is 0 Å². The molecular weight excluding hydrogens is 842 g/mol. The van der Waals surface area contributed by atoms with E-state index in [0.29, 0.717) is 0 Å². The molecule has 0 bridgehead atoms. The SMILES string of the molecule is c1ccc(-c2cccc(-c3cccc4[se]c5cccc(-n6c7ccccc7c7ccc(-n8c9ccccc9c9cc(-n%10c%11ccccc%11c%11ccccc%11%10)ccc98)cc76)c5c34)c2)cc1. The Balaban J connectivity index is 1.00. The number of hydrogen-bond donors (Lipinski definition) is 0. The fourth-order valence-electron chi connectivity index (χ4n) is 10.7. The van der Waals surface area contributed by atoms with E-state index >= 15 is 0 Å². The van der Waals surface area contributed by atoms with E-state index in [1.807, 2.05) is 0 Å². The summed E-state index contributed by atoms with van der Waals surface area (Å²) in [5.74, 6) is 0. The van der Waals surface area contributed by atoms with Crippen LogP contribution in [0, 0.1) is 0 Å². The van der Waals surface area contributed by atoms with Crippen LogP contribution in [-0.4, -0.2) is 28.2 Å². The molecule has 4 heterocycles. The van der Waals surface area contributed by atoms with Crippen LogP contribution in [0.4, 0.5) is 0 Å².